The Hall–Kier alpha value is -1.88. The fourth-order valence-corrected chi connectivity index (χ4v) is 4.22. The maximum Gasteiger partial charge on any atom is 0.193 e. The van der Waals surface area contributed by atoms with Crippen LogP contribution in [0.15, 0.2) is 40.7 Å². The number of rotatable bonds is 6. The Balaban J connectivity index is 1.39. The summed E-state index contributed by atoms with van der Waals surface area (Å²) in [5.41, 5.74) is 2.58. The molecular formula is C20H28N4S. The number of benzene rings is 1. The molecule has 1 aliphatic rings. The lowest BCUT2D eigenvalue weighted by atomic mass is 9.99. The lowest BCUT2D eigenvalue weighted by Gasteiger charge is -2.21. The zero-order valence-corrected chi connectivity index (χ0v) is 16.1. The molecule has 0 radical (unpaired) electrons. The summed E-state index contributed by atoms with van der Waals surface area (Å²) in [6.07, 6.45) is 4.60. The van der Waals surface area contributed by atoms with Crippen LogP contribution in [0.3, 0.4) is 0 Å². The fourth-order valence-electron chi connectivity index (χ4n) is 3.40. The van der Waals surface area contributed by atoms with Crippen LogP contribution in [0.25, 0.3) is 0 Å². The Morgan fingerprint density at radius 1 is 1.32 bits per heavy atom. The van der Waals surface area contributed by atoms with E-state index in [4.69, 9.17) is 0 Å². The molecule has 1 unspecified atom stereocenters. The highest BCUT2D eigenvalue weighted by molar-refractivity contribution is 7.09. The number of unbranched alkanes of at least 4 members (excludes halogenated alkanes) is 1. The van der Waals surface area contributed by atoms with Gasteiger partial charge in [0, 0.05) is 43.7 Å². The van der Waals surface area contributed by atoms with E-state index >= 15 is 0 Å². The Kier molecular flexibility index (Phi) is 6.45. The molecule has 0 bridgehead atoms. The normalized spacial score (nSPS) is 17.9. The van der Waals surface area contributed by atoms with Crippen molar-refractivity contribution in [2.75, 3.05) is 26.7 Å². The molecule has 2 heterocycles. The van der Waals surface area contributed by atoms with Crippen molar-refractivity contribution in [1.29, 1.82) is 0 Å². The number of aromatic nitrogens is 1. The van der Waals surface area contributed by atoms with Gasteiger partial charge in [0.1, 0.15) is 0 Å². The fraction of sp³-hybridized carbons (Fsp3) is 0.500. The standard InChI is InChI=1S/C20H28N4S/c1-16-15-25-19(23-16)10-6-7-12-22-20(21-2)24-13-11-18(14-24)17-8-4-3-5-9-17/h3-5,8-9,15,18H,6-7,10-14H2,1-2H3,(H,21,22). The summed E-state index contributed by atoms with van der Waals surface area (Å²) in [6.45, 7) is 5.17. The number of hydrogen-bond acceptors (Lipinski definition) is 3. The van der Waals surface area contributed by atoms with E-state index in [1.54, 1.807) is 11.3 Å². The van der Waals surface area contributed by atoms with Crippen LogP contribution >= 0.6 is 11.3 Å². The van der Waals surface area contributed by atoms with Crippen molar-refractivity contribution in [3.8, 4) is 0 Å². The number of guanidine groups is 1. The number of hydrogen-bond donors (Lipinski definition) is 1. The van der Waals surface area contributed by atoms with E-state index in [1.807, 2.05) is 7.05 Å². The molecule has 2 aromatic rings. The topological polar surface area (TPSA) is 40.5 Å². The largest absolute Gasteiger partial charge is 0.356 e. The summed E-state index contributed by atoms with van der Waals surface area (Å²) in [6, 6.07) is 10.8. The minimum absolute atomic E-state index is 0.618. The molecule has 1 aromatic carbocycles. The SMILES string of the molecule is CN=C(NCCCCc1nc(C)cs1)N1CCC(c2ccccc2)C1. The Morgan fingerprint density at radius 3 is 2.88 bits per heavy atom. The summed E-state index contributed by atoms with van der Waals surface area (Å²) in [4.78, 5) is 11.4. The molecule has 3 rings (SSSR count). The molecule has 4 nitrogen and oxygen atoms in total. The second-order valence-corrected chi connectivity index (χ2v) is 7.60. The van der Waals surface area contributed by atoms with Gasteiger partial charge in [0.25, 0.3) is 0 Å². The molecule has 1 aliphatic heterocycles. The molecule has 1 saturated heterocycles. The summed E-state index contributed by atoms with van der Waals surface area (Å²) >= 11 is 1.77. The van der Waals surface area contributed by atoms with Gasteiger partial charge in [-0.15, -0.1) is 11.3 Å². The molecule has 0 amide bonds. The number of aliphatic imine (C=N–C) groups is 1. The molecule has 1 N–H and O–H groups in total. The predicted octanol–water partition coefficient (Wildman–Crippen LogP) is 3.84. The van der Waals surface area contributed by atoms with Crippen LogP contribution in [0, 0.1) is 6.92 Å². The van der Waals surface area contributed by atoms with Gasteiger partial charge in [-0.3, -0.25) is 4.99 Å². The number of aryl methyl sites for hydroxylation is 2. The summed E-state index contributed by atoms with van der Waals surface area (Å²) in [5.74, 6) is 1.66. The van der Waals surface area contributed by atoms with Gasteiger partial charge in [0.15, 0.2) is 5.96 Å². The third-order valence-corrected chi connectivity index (χ3v) is 5.76. The van der Waals surface area contributed by atoms with Gasteiger partial charge < -0.3 is 10.2 Å². The van der Waals surface area contributed by atoms with Gasteiger partial charge in [0.2, 0.25) is 0 Å². The molecular weight excluding hydrogens is 328 g/mol. The minimum Gasteiger partial charge on any atom is -0.356 e. The second-order valence-electron chi connectivity index (χ2n) is 6.66. The lowest BCUT2D eigenvalue weighted by molar-refractivity contribution is 0.484. The van der Waals surface area contributed by atoms with Crippen LogP contribution in [-0.4, -0.2) is 42.5 Å². The van der Waals surface area contributed by atoms with Crippen molar-refractivity contribution in [3.05, 3.63) is 52.0 Å². The van der Waals surface area contributed by atoms with Gasteiger partial charge in [-0.05, 0) is 38.2 Å². The first-order valence-electron chi connectivity index (χ1n) is 9.18. The highest BCUT2D eigenvalue weighted by atomic mass is 32.1. The highest BCUT2D eigenvalue weighted by Gasteiger charge is 2.25. The van der Waals surface area contributed by atoms with Gasteiger partial charge in [-0.1, -0.05) is 30.3 Å². The van der Waals surface area contributed by atoms with E-state index in [0.29, 0.717) is 5.92 Å². The highest BCUT2D eigenvalue weighted by Crippen LogP contribution is 2.26. The average Bonchev–Trinajstić information content (AvgIpc) is 3.28. The third-order valence-electron chi connectivity index (χ3n) is 4.74. The number of nitrogens with one attached hydrogen (secondary N) is 1. The van der Waals surface area contributed by atoms with Gasteiger partial charge >= 0.3 is 0 Å². The van der Waals surface area contributed by atoms with E-state index in [9.17, 15) is 0 Å². The van der Waals surface area contributed by atoms with Crippen LogP contribution in [0.4, 0.5) is 0 Å². The van der Waals surface area contributed by atoms with Crippen molar-refractivity contribution in [2.24, 2.45) is 4.99 Å². The summed E-state index contributed by atoms with van der Waals surface area (Å²) in [5, 5.41) is 6.92. The Labute approximate surface area is 155 Å². The zero-order valence-electron chi connectivity index (χ0n) is 15.2. The molecule has 1 fully saturated rings. The molecule has 1 aromatic heterocycles. The van der Waals surface area contributed by atoms with Crippen molar-refractivity contribution < 1.29 is 0 Å². The van der Waals surface area contributed by atoms with E-state index in [-0.39, 0.29) is 0 Å². The second kappa shape index (κ2) is 8.99. The van der Waals surface area contributed by atoms with Gasteiger partial charge in [-0.25, -0.2) is 4.98 Å². The first kappa shape index (κ1) is 17.9. The zero-order chi connectivity index (χ0) is 17.5. The van der Waals surface area contributed by atoms with Crippen LogP contribution in [0.2, 0.25) is 0 Å². The first-order valence-corrected chi connectivity index (χ1v) is 10.1. The first-order chi connectivity index (χ1) is 12.3. The van der Waals surface area contributed by atoms with Crippen LogP contribution in [0.1, 0.15) is 41.4 Å². The van der Waals surface area contributed by atoms with E-state index < -0.39 is 0 Å². The maximum absolute atomic E-state index is 4.53. The third kappa shape index (κ3) is 5.05. The van der Waals surface area contributed by atoms with Crippen LogP contribution in [0.5, 0.6) is 0 Å². The Bertz CT molecular complexity index is 680. The quantitative estimate of drug-likeness (QED) is 0.486. The van der Waals surface area contributed by atoms with Crippen LogP contribution < -0.4 is 5.32 Å². The lowest BCUT2D eigenvalue weighted by Crippen LogP contribution is -2.40. The number of likely N-dealkylation sites (tertiary alicyclic amines) is 1. The monoisotopic (exact) mass is 356 g/mol. The molecule has 134 valence electrons. The molecule has 25 heavy (non-hydrogen) atoms. The Morgan fingerprint density at radius 2 is 2.16 bits per heavy atom. The van der Waals surface area contributed by atoms with E-state index in [1.165, 1.54) is 23.4 Å². The molecule has 0 spiro atoms. The number of nitrogens with zero attached hydrogens (tertiary/aromatic N) is 3. The molecule has 0 aliphatic carbocycles. The smallest absolute Gasteiger partial charge is 0.193 e. The average molecular weight is 357 g/mol. The van der Waals surface area contributed by atoms with Crippen molar-refractivity contribution in [3.63, 3.8) is 0 Å². The van der Waals surface area contributed by atoms with Crippen molar-refractivity contribution in [1.82, 2.24) is 15.2 Å². The van der Waals surface area contributed by atoms with E-state index in [2.05, 4.69) is 62.8 Å². The maximum atomic E-state index is 4.53. The molecule has 1 atom stereocenters. The van der Waals surface area contributed by atoms with E-state index in [0.717, 1.165) is 44.1 Å². The summed E-state index contributed by atoms with van der Waals surface area (Å²) in [7, 11) is 1.89. The van der Waals surface area contributed by atoms with Crippen molar-refractivity contribution in [2.45, 2.75) is 38.5 Å². The van der Waals surface area contributed by atoms with Crippen LogP contribution in [-0.2, 0) is 6.42 Å². The predicted molar refractivity (Wildman–Crippen MR) is 107 cm³/mol. The minimum atomic E-state index is 0.618. The van der Waals surface area contributed by atoms with Gasteiger partial charge in [-0.2, -0.15) is 0 Å². The molecule has 0 saturated carbocycles. The van der Waals surface area contributed by atoms with Crippen molar-refractivity contribution >= 4 is 17.3 Å². The van der Waals surface area contributed by atoms with Gasteiger partial charge in [0.05, 0.1) is 5.01 Å². The number of thiazole rings is 1. The summed E-state index contributed by atoms with van der Waals surface area (Å²) < 4.78 is 0. The molecule has 5 heteroatoms.